The molecule has 0 aliphatic rings. The highest BCUT2D eigenvalue weighted by atomic mass is 16.5. The van der Waals surface area contributed by atoms with Gasteiger partial charge in [0.1, 0.15) is 5.72 Å². The largest absolute Gasteiger partial charge is 0.390 e. The van der Waals surface area contributed by atoms with Crippen LogP contribution in [0.4, 0.5) is 0 Å². The molecule has 2 N–H and O–H groups in total. The first-order chi connectivity index (χ1) is 6.21. The summed E-state index contributed by atoms with van der Waals surface area (Å²) in [6.45, 7) is 10.4. The maximum atomic E-state index is 9.96. The molecule has 0 aromatic rings. The van der Waals surface area contributed by atoms with Crippen molar-refractivity contribution >= 4 is 0 Å². The van der Waals surface area contributed by atoms with Gasteiger partial charge in [-0.15, -0.1) is 0 Å². The first-order valence-corrected chi connectivity index (χ1v) is 5.26. The maximum absolute atomic E-state index is 9.96. The Kier molecular flexibility index (Phi) is 5.06. The van der Waals surface area contributed by atoms with Crippen LogP contribution in [0.15, 0.2) is 0 Å². The molecule has 86 valence electrons. The number of hydrogen-bond acceptors (Lipinski definition) is 3. The highest BCUT2D eigenvalue weighted by molar-refractivity contribution is 4.76. The van der Waals surface area contributed by atoms with Gasteiger partial charge in [-0.05, 0) is 40.2 Å². The summed E-state index contributed by atoms with van der Waals surface area (Å²) in [7, 11) is 1.86. The fourth-order valence-corrected chi connectivity index (χ4v) is 0.874. The Balaban J connectivity index is 3.85. The molecule has 0 fully saturated rings. The van der Waals surface area contributed by atoms with Crippen LogP contribution in [0.3, 0.4) is 0 Å². The quantitative estimate of drug-likeness (QED) is 0.646. The van der Waals surface area contributed by atoms with Gasteiger partial charge in [0.25, 0.3) is 0 Å². The first-order valence-electron chi connectivity index (χ1n) is 5.26. The maximum Gasteiger partial charge on any atom is 0.113 e. The van der Waals surface area contributed by atoms with E-state index in [1.54, 1.807) is 0 Å². The molecule has 0 aromatic carbocycles. The van der Waals surface area contributed by atoms with Gasteiger partial charge in [0, 0.05) is 0 Å². The Bertz CT molecular complexity index is 165. The minimum Gasteiger partial charge on any atom is -0.390 e. The molecule has 0 aromatic heterocycles. The third-order valence-corrected chi connectivity index (χ3v) is 2.92. The van der Waals surface area contributed by atoms with Crippen molar-refractivity contribution in [2.24, 2.45) is 5.92 Å². The van der Waals surface area contributed by atoms with E-state index in [0.29, 0.717) is 13.0 Å². The lowest BCUT2D eigenvalue weighted by Gasteiger charge is -2.30. The monoisotopic (exact) mass is 203 g/mol. The van der Waals surface area contributed by atoms with E-state index in [0.717, 1.165) is 0 Å². The van der Waals surface area contributed by atoms with Gasteiger partial charge in [-0.1, -0.05) is 13.8 Å². The Morgan fingerprint density at radius 3 is 2.14 bits per heavy atom. The molecule has 0 radical (unpaired) electrons. The lowest BCUT2D eigenvalue weighted by atomic mass is 9.90. The highest BCUT2D eigenvalue weighted by Gasteiger charge is 2.25. The molecule has 1 atom stereocenters. The zero-order chi connectivity index (χ0) is 11.4. The van der Waals surface area contributed by atoms with Gasteiger partial charge in [-0.25, -0.2) is 0 Å². The summed E-state index contributed by atoms with van der Waals surface area (Å²) in [5.74, 6) is 0.254. The van der Waals surface area contributed by atoms with E-state index in [4.69, 9.17) is 4.74 Å². The van der Waals surface area contributed by atoms with Crippen LogP contribution in [0, 0.1) is 5.92 Å². The molecular formula is C11H25NO2. The molecule has 3 heteroatoms. The third kappa shape index (κ3) is 4.94. The average Bonchev–Trinajstić information content (AvgIpc) is 2.03. The smallest absolute Gasteiger partial charge is 0.113 e. The van der Waals surface area contributed by atoms with E-state index >= 15 is 0 Å². The van der Waals surface area contributed by atoms with Gasteiger partial charge in [0.15, 0.2) is 0 Å². The van der Waals surface area contributed by atoms with Crippen LogP contribution in [-0.4, -0.2) is 30.1 Å². The van der Waals surface area contributed by atoms with Gasteiger partial charge in [-0.2, -0.15) is 0 Å². The molecule has 1 unspecified atom stereocenters. The van der Waals surface area contributed by atoms with Gasteiger partial charge >= 0.3 is 0 Å². The van der Waals surface area contributed by atoms with Gasteiger partial charge in [0.05, 0.1) is 12.2 Å². The average molecular weight is 203 g/mol. The van der Waals surface area contributed by atoms with Crippen molar-refractivity contribution in [3.63, 3.8) is 0 Å². The predicted octanol–water partition coefficient (Wildman–Crippen LogP) is 1.76. The fraction of sp³-hybridized carbons (Fsp3) is 1.00. The zero-order valence-corrected chi connectivity index (χ0v) is 10.3. The van der Waals surface area contributed by atoms with Crippen LogP contribution < -0.4 is 5.32 Å². The third-order valence-electron chi connectivity index (χ3n) is 2.92. The van der Waals surface area contributed by atoms with Crippen LogP contribution >= 0.6 is 0 Å². The molecular weight excluding hydrogens is 178 g/mol. The minimum absolute atomic E-state index is 0.254. The normalized spacial score (nSPS) is 17.1. The second-order valence-corrected chi connectivity index (χ2v) is 4.87. The Hall–Kier alpha value is -0.120. The molecule has 0 saturated carbocycles. The van der Waals surface area contributed by atoms with E-state index in [-0.39, 0.29) is 11.6 Å². The van der Waals surface area contributed by atoms with E-state index in [1.165, 1.54) is 0 Å². The van der Waals surface area contributed by atoms with Gasteiger partial charge < -0.3 is 9.84 Å². The van der Waals surface area contributed by atoms with E-state index < -0.39 is 5.60 Å². The number of ether oxygens (including phenoxy) is 1. The van der Waals surface area contributed by atoms with Crippen LogP contribution in [0.1, 0.15) is 41.0 Å². The van der Waals surface area contributed by atoms with Gasteiger partial charge in [0.2, 0.25) is 0 Å². The van der Waals surface area contributed by atoms with Crippen LogP contribution in [0.25, 0.3) is 0 Å². The van der Waals surface area contributed by atoms with Crippen LogP contribution in [0.5, 0.6) is 0 Å². The minimum atomic E-state index is -0.635. The van der Waals surface area contributed by atoms with E-state index in [9.17, 15) is 5.11 Å². The Morgan fingerprint density at radius 2 is 1.79 bits per heavy atom. The van der Waals surface area contributed by atoms with E-state index in [1.807, 2.05) is 41.7 Å². The number of hydrogen-bond donors (Lipinski definition) is 2. The molecule has 0 heterocycles. The highest BCUT2D eigenvalue weighted by Crippen LogP contribution is 2.20. The summed E-state index contributed by atoms with van der Waals surface area (Å²) in [4.78, 5) is 0. The van der Waals surface area contributed by atoms with Crippen molar-refractivity contribution in [3.8, 4) is 0 Å². The number of rotatable bonds is 6. The topological polar surface area (TPSA) is 41.5 Å². The predicted molar refractivity (Wildman–Crippen MR) is 59.2 cm³/mol. The second kappa shape index (κ2) is 5.10. The summed E-state index contributed by atoms with van der Waals surface area (Å²) in [6.07, 6.45) is 0.662. The number of aliphatic hydroxyl groups is 1. The van der Waals surface area contributed by atoms with Crippen molar-refractivity contribution in [3.05, 3.63) is 0 Å². The molecule has 0 aliphatic heterocycles. The summed E-state index contributed by atoms with van der Waals surface area (Å²) >= 11 is 0. The number of nitrogens with one attached hydrogen (secondary N) is 1. The summed E-state index contributed by atoms with van der Waals surface area (Å²) in [6, 6.07) is 0. The molecule has 3 nitrogen and oxygen atoms in total. The van der Waals surface area contributed by atoms with Crippen molar-refractivity contribution in [2.75, 3.05) is 13.7 Å². The summed E-state index contributed by atoms with van der Waals surface area (Å²) in [5, 5.41) is 13.0. The summed E-state index contributed by atoms with van der Waals surface area (Å²) < 4.78 is 5.59. The van der Waals surface area contributed by atoms with E-state index in [2.05, 4.69) is 5.32 Å². The van der Waals surface area contributed by atoms with Crippen LogP contribution in [-0.2, 0) is 4.74 Å². The van der Waals surface area contributed by atoms with Crippen LogP contribution in [0.2, 0.25) is 0 Å². The molecule has 0 rings (SSSR count). The Labute approximate surface area is 87.8 Å². The lowest BCUT2D eigenvalue weighted by Crippen LogP contribution is -2.41. The van der Waals surface area contributed by atoms with Crippen molar-refractivity contribution in [2.45, 2.75) is 52.4 Å². The molecule has 0 spiro atoms. The SMILES string of the molecule is CNC(C)(C)OCCC(C)(O)C(C)C. The lowest BCUT2D eigenvalue weighted by molar-refractivity contribution is -0.0755. The summed E-state index contributed by atoms with van der Waals surface area (Å²) in [5.41, 5.74) is -0.948. The fourth-order valence-electron chi connectivity index (χ4n) is 0.874. The molecule has 14 heavy (non-hydrogen) atoms. The van der Waals surface area contributed by atoms with Gasteiger partial charge in [-0.3, -0.25) is 5.32 Å². The first kappa shape index (κ1) is 13.9. The molecule has 0 amide bonds. The molecule has 0 bridgehead atoms. The van der Waals surface area contributed by atoms with Crippen molar-refractivity contribution in [1.29, 1.82) is 0 Å². The molecule has 0 saturated heterocycles. The standard InChI is InChI=1S/C11H25NO2/c1-9(2)11(5,13)7-8-14-10(3,4)12-6/h9,12-13H,7-8H2,1-6H3. The zero-order valence-electron chi connectivity index (χ0n) is 10.3. The second-order valence-electron chi connectivity index (χ2n) is 4.87. The Morgan fingerprint density at radius 1 is 1.29 bits per heavy atom. The van der Waals surface area contributed by atoms with Crippen molar-refractivity contribution in [1.82, 2.24) is 5.32 Å². The van der Waals surface area contributed by atoms with Crippen molar-refractivity contribution < 1.29 is 9.84 Å². The molecule has 0 aliphatic carbocycles.